The summed E-state index contributed by atoms with van der Waals surface area (Å²) in [5.41, 5.74) is 1.47. The van der Waals surface area contributed by atoms with E-state index < -0.39 is 18.3 Å². The van der Waals surface area contributed by atoms with Gasteiger partial charge in [-0.2, -0.15) is 0 Å². The fourth-order valence-electron chi connectivity index (χ4n) is 2.96. The van der Waals surface area contributed by atoms with Crippen molar-refractivity contribution >= 4 is 18.5 Å². The maximum atomic E-state index is 12.3. The second-order valence-electron chi connectivity index (χ2n) is 7.97. The average molecular weight is 381 g/mol. The number of nitrogens with one attached hydrogen (secondary N) is 1. The molecule has 0 spiro atoms. The van der Waals surface area contributed by atoms with Crippen LogP contribution in [0.15, 0.2) is 48.5 Å². The third-order valence-electron chi connectivity index (χ3n) is 5.36. The van der Waals surface area contributed by atoms with Crippen molar-refractivity contribution < 1.29 is 18.8 Å². The van der Waals surface area contributed by atoms with Crippen molar-refractivity contribution in [1.82, 2.24) is 5.32 Å². The molecule has 0 aromatic heterocycles. The third kappa shape index (κ3) is 4.23. The zero-order valence-corrected chi connectivity index (χ0v) is 17.2. The lowest BCUT2D eigenvalue weighted by atomic mass is 9.78. The number of carbonyl (C=O) groups excluding carboxylic acids is 1. The number of hydrogen-bond acceptors (Lipinski definition) is 4. The Kier molecular flexibility index (Phi) is 5.82. The lowest BCUT2D eigenvalue weighted by Gasteiger charge is -2.32. The highest BCUT2D eigenvalue weighted by Crippen LogP contribution is 2.37. The first kappa shape index (κ1) is 20.4. The van der Waals surface area contributed by atoms with E-state index in [-0.39, 0.29) is 5.91 Å². The van der Waals surface area contributed by atoms with Gasteiger partial charge in [0.1, 0.15) is 12.4 Å². The smallest absolute Gasteiger partial charge is 0.489 e. The van der Waals surface area contributed by atoms with E-state index in [0.29, 0.717) is 24.5 Å². The third-order valence-corrected chi connectivity index (χ3v) is 5.36. The van der Waals surface area contributed by atoms with E-state index in [1.54, 1.807) is 12.1 Å². The van der Waals surface area contributed by atoms with Gasteiger partial charge in [0.05, 0.1) is 11.2 Å². The average Bonchev–Trinajstić information content (AvgIpc) is 2.88. The Morgan fingerprint density at radius 2 is 1.68 bits per heavy atom. The largest absolute Gasteiger partial charge is 0.498 e. The minimum absolute atomic E-state index is 0.132. The topological polar surface area (TPSA) is 56.8 Å². The monoisotopic (exact) mass is 381 g/mol. The summed E-state index contributed by atoms with van der Waals surface area (Å²) in [7, 11) is -0.556. The molecule has 0 aliphatic carbocycles. The van der Waals surface area contributed by atoms with Crippen LogP contribution in [-0.4, -0.2) is 30.8 Å². The van der Waals surface area contributed by atoms with Crippen molar-refractivity contribution in [2.45, 2.75) is 52.4 Å². The molecule has 0 atom stereocenters. The fraction of sp³-hybridized carbons (Fsp3) is 0.409. The number of rotatable bonds is 6. The number of carbonyl (C=O) groups is 1. The van der Waals surface area contributed by atoms with E-state index in [2.05, 4.69) is 5.32 Å². The molecule has 0 saturated carbocycles. The molecule has 1 heterocycles. The maximum Gasteiger partial charge on any atom is 0.498 e. The van der Waals surface area contributed by atoms with Gasteiger partial charge in [0.2, 0.25) is 0 Å². The Bertz CT molecular complexity index is 820. The Morgan fingerprint density at radius 3 is 2.29 bits per heavy atom. The minimum atomic E-state index is -0.556. The molecule has 1 saturated heterocycles. The SMILES string of the molecule is CCNC(=O)c1ccc(B2OC(C)(C)C(C)(C)O2)c(OCc2ccccc2)c1. The van der Waals surface area contributed by atoms with Crippen LogP contribution in [0.3, 0.4) is 0 Å². The fourth-order valence-corrected chi connectivity index (χ4v) is 2.96. The van der Waals surface area contributed by atoms with Gasteiger partial charge in [0.25, 0.3) is 5.91 Å². The molecule has 0 unspecified atom stereocenters. The minimum Gasteiger partial charge on any atom is -0.489 e. The maximum absolute atomic E-state index is 12.3. The summed E-state index contributed by atoms with van der Waals surface area (Å²) in [5, 5.41) is 2.82. The van der Waals surface area contributed by atoms with E-state index >= 15 is 0 Å². The molecule has 5 nitrogen and oxygen atoms in total. The van der Waals surface area contributed by atoms with E-state index in [9.17, 15) is 4.79 Å². The van der Waals surface area contributed by atoms with Gasteiger partial charge < -0.3 is 19.4 Å². The van der Waals surface area contributed by atoms with Gasteiger partial charge >= 0.3 is 7.12 Å². The van der Waals surface area contributed by atoms with Crippen LogP contribution in [0.5, 0.6) is 5.75 Å². The number of ether oxygens (including phenoxy) is 1. The van der Waals surface area contributed by atoms with Crippen molar-refractivity contribution in [3.8, 4) is 5.75 Å². The molecule has 0 bridgehead atoms. The lowest BCUT2D eigenvalue weighted by Crippen LogP contribution is -2.41. The van der Waals surface area contributed by atoms with Crippen LogP contribution in [0.25, 0.3) is 0 Å². The summed E-state index contributed by atoms with van der Waals surface area (Å²) in [4.78, 5) is 12.3. The molecule has 0 radical (unpaired) electrons. The molecule has 2 aromatic rings. The first-order valence-electron chi connectivity index (χ1n) is 9.68. The second-order valence-corrected chi connectivity index (χ2v) is 7.97. The predicted octanol–water partition coefficient (Wildman–Crippen LogP) is 3.31. The van der Waals surface area contributed by atoms with Crippen molar-refractivity contribution in [3.63, 3.8) is 0 Å². The van der Waals surface area contributed by atoms with Gasteiger partial charge in [-0.15, -0.1) is 0 Å². The zero-order chi connectivity index (χ0) is 20.4. The Balaban J connectivity index is 1.91. The summed E-state index contributed by atoms with van der Waals surface area (Å²) < 4.78 is 18.5. The number of benzene rings is 2. The van der Waals surface area contributed by atoms with Gasteiger partial charge in [-0.3, -0.25) is 4.79 Å². The van der Waals surface area contributed by atoms with Gasteiger partial charge in [-0.05, 0) is 52.3 Å². The highest BCUT2D eigenvalue weighted by atomic mass is 16.7. The number of amides is 1. The molecule has 1 fully saturated rings. The van der Waals surface area contributed by atoms with Gasteiger partial charge in [-0.25, -0.2) is 0 Å². The van der Waals surface area contributed by atoms with Crippen LogP contribution in [0.1, 0.15) is 50.5 Å². The molecule has 1 aliphatic rings. The van der Waals surface area contributed by atoms with Crippen LogP contribution >= 0.6 is 0 Å². The van der Waals surface area contributed by atoms with Gasteiger partial charge in [-0.1, -0.05) is 36.4 Å². The molecule has 1 aliphatic heterocycles. The van der Waals surface area contributed by atoms with E-state index in [1.165, 1.54) is 0 Å². The van der Waals surface area contributed by atoms with Crippen LogP contribution in [0.2, 0.25) is 0 Å². The summed E-state index contributed by atoms with van der Waals surface area (Å²) in [6, 6.07) is 15.3. The van der Waals surface area contributed by atoms with Crippen LogP contribution in [-0.2, 0) is 15.9 Å². The van der Waals surface area contributed by atoms with Crippen molar-refractivity contribution in [3.05, 3.63) is 59.7 Å². The Labute approximate surface area is 167 Å². The van der Waals surface area contributed by atoms with Gasteiger partial charge in [0.15, 0.2) is 0 Å². The lowest BCUT2D eigenvalue weighted by molar-refractivity contribution is 0.00578. The molecular formula is C22H28BNO4. The molecule has 6 heteroatoms. The van der Waals surface area contributed by atoms with E-state index in [1.807, 2.05) is 71.0 Å². The Morgan fingerprint density at radius 1 is 1.04 bits per heavy atom. The van der Waals surface area contributed by atoms with E-state index in [0.717, 1.165) is 11.0 Å². The van der Waals surface area contributed by atoms with E-state index in [4.69, 9.17) is 14.0 Å². The number of hydrogen-bond donors (Lipinski definition) is 1. The van der Waals surface area contributed by atoms with Crippen molar-refractivity contribution in [2.75, 3.05) is 6.54 Å². The Hall–Kier alpha value is -2.31. The summed E-state index contributed by atoms with van der Waals surface area (Å²) >= 11 is 0. The first-order chi connectivity index (χ1) is 13.2. The van der Waals surface area contributed by atoms with Crippen LogP contribution in [0.4, 0.5) is 0 Å². The summed E-state index contributed by atoms with van der Waals surface area (Å²) in [6.07, 6.45) is 0. The highest BCUT2D eigenvalue weighted by molar-refractivity contribution is 6.63. The normalized spacial score (nSPS) is 17.4. The molecular weight excluding hydrogens is 353 g/mol. The summed E-state index contributed by atoms with van der Waals surface area (Å²) in [6.45, 7) is 10.9. The van der Waals surface area contributed by atoms with Crippen molar-refractivity contribution in [1.29, 1.82) is 0 Å². The predicted molar refractivity (Wildman–Crippen MR) is 111 cm³/mol. The molecule has 3 rings (SSSR count). The zero-order valence-electron chi connectivity index (χ0n) is 17.2. The van der Waals surface area contributed by atoms with Crippen LogP contribution in [0, 0.1) is 0 Å². The molecule has 1 N–H and O–H groups in total. The summed E-state index contributed by atoms with van der Waals surface area (Å²) in [5.74, 6) is 0.457. The van der Waals surface area contributed by atoms with Gasteiger partial charge in [0, 0.05) is 17.6 Å². The quantitative estimate of drug-likeness (QED) is 0.780. The highest BCUT2D eigenvalue weighted by Gasteiger charge is 2.52. The second kappa shape index (κ2) is 7.98. The van der Waals surface area contributed by atoms with Crippen LogP contribution < -0.4 is 15.5 Å². The standard InChI is InChI=1S/C22H28BNO4/c1-6-24-20(25)17-12-13-18(23-27-21(2,3)22(4,5)28-23)19(14-17)26-15-16-10-8-7-9-11-16/h7-14H,6,15H2,1-5H3,(H,24,25). The molecule has 2 aromatic carbocycles. The molecule has 1 amide bonds. The van der Waals surface area contributed by atoms with Crippen molar-refractivity contribution in [2.24, 2.45) is 0 Å². The first-order valence-corrected chi connectivity index (χ1v) is 9.68. The molecule has 28 heavy (non-hydrogen) atoms. The molecule has 148 valence electrons.